The number of thiazole rings is 1. The van der Waals surface area contributed by atoms with Gasteiger partial charge in [-0.05, 0) is 24.1 Å². The molecular formula is C17H17N3O2S. The molecule has 0 saturated carbocycles. The lowest BCUT2D eigenvalue weighted by molar-refractivity contribution is 0.277. The molecule has 2 heterocycles. The van der Waals surface area contributed by atoms with Crippen molar-refractivity contribution >= 4 is 22.3 Å². The lowest BCUT2D eigenvalue weighted by Crippen LogP contribution is -2.02. The van der Waals surface area contributed by atoms with Crippen molar-refractivity contribution in [1.29, 1.82) is 0 Å². The van der Waals surface area contributed by atoms with E-state index < -0.39 is 0 Å². The van der Waals surface area contributed by atoms with Crippen LogP contribution in [0.4, 0.5) is 10.9 Å². The minimum Gasteiger partial charge on any atom is -0.485 e. The molecule has 5 nitrogen and oxygen atoms in total. The number of nitrogens with zero attached hydrogens (tertiary/aromatic N) is 2. The molecule has 23 heavy (non-hydrogen) atoms. The van der Waals surface area contributed by atoms with Crippen molar-refractivity contribution in [2.75, 3.05) is 5.32 Å². The maximum Gasteiger partial charge on any atom is 0.188 e. The second-order valence-electron chi connectivity index (χ2n) is 5.04. The summed E-state index contributed by atoms with van der Waals surface area (Å²) in [6.07, 6.45) is 1.62. The molecule has 0 radical (unpaired) electrons. The van der Waals surface area contributed by atoms with Crippen molar-refractivity contribution in [3.8, 4) is 5.75 Å². The van der Waals surface area contributed by atoms with Gasteiger partial charge in [-0.2, -0.15) is 0 Å². The van der Waals surface area contributed by atoms with Gasteiger partial charge in [0, 0.05) is 11.6 Å². The van der Waals surface area contributed by atoms with Crippen molar-refractivity contribution in [2.24, 2.45) is 0 Å². The summed E-state index contributed by atoms with van der Waals surface area (Å²) in [5.74, 6) is 1.18. The summed E-state index contributed by atoms with van der Waals surface area (Å²) in [7, 11) is 0. The second-order valence-corrected chi connectivity index (χ2v) is 5.90. The van der Waals surface area contributed by atoms with Crippen LogP contribution in [0.1, 0.15) is 16.8 Å². The molecule has 2 N–H and O–H groups in total. The Morgan fingerprint density at radius 3 is 2.74 bits per heavy atom. The highest BCUT2D eigenvalue weighted by Crippen LogP contribution is 2.28. The largest absolute Gasteiger partial charge is 0.485 e. The highest BCUT2D eigenvalue weighted by Gasteiger charge is 2.10. The van der Waals surface area contributed by atoms with Gasteiger partial charge in [-0.3, -0.25) is 0 Å². The van der Waals surface area contributed by atoms with Crippen molar-refractivity contribution in [3.05, 3.63) is 64.8 Å². The number of anilines is 2. The predicted molar refractivity (Wildman–Crippen MR) is 91.1 cm³/mol. The topological polar surface area (TPSA) is 67.3 Å². The number of pyridine rings is 1. The third-order valence-corrected chi connectivity index (χ3v) is 4.05. The van der Waals surface area contributed by atoms with Crippen molar-refractivity contribution in [2.45, 2.75) is 20.1 Å². The smallest absolute Gasteiger partial charge is 0.188 e. The number of aryl methyl sites for hydroxylation is 1. The van der Waals surface area contributed by atoms with E-state index in [4.69, 9.17) is 4.74 Å². The van der Waals surface area contributed by atoms with Crippen LogP contribution in [0.3, 0.4) is 0 Å². The molecule has 0 unspecified atom stereocenters. The summed E-state index contributed by atoms with van der Waals surface area (Å²) in [6.45, 7) is 2.30. The minimum absolute atomic E-state index is 0.0780. The number of aliphatic hydroxyl groups excluding tert-OH is 1. The number of nitrogens with one attached hydrogen (secondary N) is 1. The lowest BCUT2D eigenvalue weighted by Gasteiger charge is -2.12. The molecule has 3 aromatic rings. The molecule has 3 rings (SSSR count). The van der Waals surface area contributed by atoms with E-state index in [2.05, 4.69) is 15.3 Å². The maximum absolute atomic E-state index is 9.31. The average Bonchev–Trinajstić information content (AvgIpc) is 3.00. The van der Waals surface area contributed by atoms with Crippen LogP contribution in [0, 0.1) is 6.92 Å². The minimum atomic E-state index is -0.0780. The van der Waals surface area contributed by atoms with Gasteiger partial charge in [0.1, 0.15) is 6.61 Å². The van der Waals surface area contributed by atoms with E-state index in [1.165, 1.54) is 11.3 Å². The average molecular weight is 327 g/mol. The fraction of sp³-hybridized carbons (Fsp3) is 0.176. The first kappa shape index (κ1) is 15.5. The monoisotopic (exact) mass is 327 g/mol. The number of hydrogen-bond donors (Lipinski definition) is 2. The Hall–Kier alpha value is -2.44. The van der Waals surface area contributed by atoms with E-state index in [1.807, 2.05) is 42.6 Å². The van der Waals surface area contributed by atoms with Gasteiger partial charge in [0.15, 0.2) is 16.7 Å². The number of rotatable bonds is 6. The normalized spacial score (nSPS) is 10.5. The van der Waals surface area contributed by atoms with Crippen molar-refractivity contribution in [3.63, 3.8) is 0 Å². The zero-order valence-electron chi connectivity index (χ0n) is 12.7. The number of aliphatic hydroxyl groups is 1. The number of hydrogen-bond acceptors (Lipinski definition) is 6. The molecule has 0 aliphatic carbocycles. The molecule has 0 atom stereocenters. The Bertz CT molecular complexity index is 775. The van der Waals surface area contributed by atoms with Crippen molar-refractivity contribution < 1.29 is 9.84 Å². The van der Waals surface area contributed by atoms with E-state index in [9.17, 15) is 5.11 Å². The van der Waals surface area contributed by atoms with Crippen LogP contribution in [-0.2, 0) is 13.2 Å². The zero-order chi connectivity index (χ0) is 16.1. The summed E-state index contributed by atoms with van der Waals surface area (Å²) < 4.78 is 5.89. The van der Waals surface area contributed by atoms with Gasteiger partial charge in [-0.1, -0.05) is 30.3 Å². The first-order chi connectivity index (χ1) is 11.2. The highest BCUT2D eigenvalue weighted by molar-refractivity contribution is 7.13. The first-order valence-electron chi connectivity index (χ1n) is 7.20. The fourth-order valence-electron chi connectivity index (χ4n) is 2.02. The summed E-state index contributed by atoms with van der Waals surface area (Å²) in [5, 5.41) is 15.2. The molecule has 1 aromatic carbocycles. The Morgan fingerprint density at radius 2 is 2.04 bits per heavy atom. The SMILES string of the molecule is Cc1csc(Nc2ncc(CO)cc2OCc2ccccc2)n1. The van der Waals surface area contributed by atoms with Crippen LogP contribution < -0.4 is 10.1 Å². The maximum atomic E-state index is 9.31. The highest BCUT2D eigenvalue weighted by atomic mass is 32.1. The molecule has 0 amide bonds. The molecule has 0 fully saturated rings. The summed E-state index contributed by atoms with van der Waals surface area (Å²) >= 11 is 1.51. The van der Waals surface area contributed by atoms with Crippen LogP contribution in [-0.4, -0.2) is 15.1 Å². The molecule has 0 aliphatic heterocycles. The Labute approximate surface area is 138 Å². The van der Waals surface area contributed by atoms with Gasteiger partial charge in [-0.15, -0.1) is 11.3 Å². The van der Waals surface area contributed by atoms with Gasteiger partial charge in [0.25, 0.3) is 0 Å². The van der Waals surface area contributed by atoms with Gasteiger partial charge < -0.3 is 15.2 Å². The van der Waals surface area contributed by atoms with E-state index >= 15 is 0 Å². The summed E-state index contributed by atoms with van der Waals surface area (Å²) in [4.78, 5) is 8.71. The zero-order valence-corrected chi connectivity index (χ0v) is 13.5. The standard InChI is InChI=1S/C17H17N3O2S/c1-12-11-23-17(19-12)20-16-15(7-14(9-21)8-18-16)22-10-13-5-3-2-4-6-13/h2-8,11,21H,9-10H2,1H3,(H,18,19,20). The lowest BCUT2D eigenvalue weighted by atomic mass is 10.2. The molecule has 2 aromatic heterocycles. The molecular weight excluding hydrogens is 310 g/mol. The molecule has 0 bridgehead atoms. The molecule has 0 saturated heterocycles. The third-order valence-electron chi connectivity index (χ3n) is 3.17. The Kier molecular flexibility index (Phi) is 4.85. The van der Waals surface area contributed by atoms with Gasteiger partial charge in [-0.25, -0.2) is 9.97 Å². The van der Waals surface area contributed by atoms with Crippen LogP contribution in [0.5, 0.6) is 5.75 Å². The second kappa shape index (κ2) is 7.21. The van der Waals surface area contributed by atoms with Crippen LogP contribution in [0.25, 0.3) is 0 Å². The van der Waals surface area contributed by atoms with Gasteiger partial charge in [0.05, 0.1) is 12.3 Å². The van der Waals surface area contributed by atoms with E-state index in [1.54, 1.807) is 12.3 Å². The Balaban J connectivity index is 1.80. The third kappa shape index (κ3) is 4.06. The van der Waals surface area contributed by atoms with Crippen LogP contribution >= 0.6 is 11.3 Å². The molecule has 118 valence electrons. The number of aromatic nitrogens is 2. The predicted octanol–water partition coefficient (Wildman–Crippen LogP) is 3.66. The molecule has 0 spiro atoms. The van der Waals surface area contributed by atoms with Crippen LogP contribution in [0.2, 0.25) is 0 Å². The quantitative estimate of drug-likeness (QED) is 0.723. The van der Waals surface area contributed by atoms with Crippen molar-refractivity contribution in [1.82, 2.24) is 9.97 Å². The first-order valence-corrected chi connectivity index (χ1v) is 8.08. The summed E-state index contributed by atoms with van der Waals surface area (Å²) in [5.41, 5.74) is 2.73. The van der Waals surface area contributed by atoms with Crippen LogP contribution in [0.15, 0.2) is 48.0 Å². The fourth-order valence-corrected chi connectivity index (χ4v) is 2.71. The summed E-state index contributed by atoms with van der Waals surface area (Å²) in [6, 6.07) is 11.7. The molecule has 0 aliphatic rings. The Morgan fingerprint density at radius 1 is 1.22 bits per heavy atom. The number of ether oxygens (including phenoxy) is 1. The van der Waals surface area contributed by atoms with Gasteiger partial charge in [0.2, 0.25) is 0 Å². The number of benzene rings is 1. The van der Waals surface area contributed by atoms with Gasteiger partial charge >= 0.3 is 0 Å². The van der Waals surface area contributed by atoms with E-state index in [-0.39, 0.29) is 6.61 Å². The van der Waals surface area contributed by atoms with E-state index in [0.717, 1.165) is 16.4 Å². The molecule has 6 heteroatoms. The van der Waals surface area contributed by atoms with E-state index in [0.29, 0.717) is 23.7 Å².